The number of rotatable bonds is 3. The predicted octanol–water partition coefficient (Wildman–Crippen LogP) is 1.61. The molecule has 1 aromatic carbocycles. The van der Waals surface area contributed by atoms with E-state index in [0.29, 0.717) is 12.1 Å². The molecule has 2 aromatic rings. The molecular weight excluding hydrogens is 230 g/mol. The molecule has 94 valence electrons. The van der Waals surface area contributed by atoms with E-state index < -0.39 is 5.97 Å². The van der Waals surface area contributed by atoms with Gasteiger partial charge >= 0.3 is 5.97 Å². The Morgan fingerprint density at radius 3 is 2.94 bits per heavy atom. The molecule has 0 aliphatic rings. The molecule has 0 saturated heterocycles. The number of esters is 1. The lowest BCUT2D eigenvalue weighted by molar-refractivity contribution is 0.0602. The van der Waals surface area contributed by atoms with Crippen LogP contribution in [0.25, 0.3) is 0 Å². The van der Waals surface area contributed by atoms with Gasteiger partial charge in [-0.15, -0.1) is 0 Å². The summed E-state index contributed by atoms with van der Waals surface area (Å²) in [5, 5.41) is 4.10. The Bertz CT molecular complexity index is 575. The minimum atomic E-state index is -0.469. The molecule has 5 nitrogen and oxygen atoms in total. The zero-order valence-electron chi connectivity index (χ0n) is 10.4. The molecule has 1 aromatic heterocycles. The lowest BCUT2D eigenvalue weighted by Gasteiger charge is -2.02. The molecule has 2 N–H and O–H groups in total. The third-order valence-electron chi connectivity index (χ3n) is 2.62. The second-order valence-electron chi connectivity index (χ2n) is 4.11. The quantitative estimate of drug-likeness (QED) is 0.834. The van der Waals surface area contributed by atoms with Gasteiger partial charge in [-0.25, -0.2) is 4.79 Å². The van der Waals surface area contributed by atoms with Crippen molar-refractivity contribution in [3.8, 4) is 0 Å². The SMILES string of the molecule is COC(=O)c1cn(Cc2cccc(C)c2)nc1N. The van der Waals surface area contributed by atoms with Crippen molar-refractivity contribution in [1.29, 1.82) is 0 Å². The van der Waals surface area contributed by atoms with Gasteiger partial charge < -0.3 is 10.5 Å². The number of aryl methyl sites for hydroxylation is 1. The molecule has 0 aliphatic heterocycles. The molecule has 0 fully saturated rings. The van der Waals surface area contributed by atoms with Crippen LogP contribution in [-0.4, -0.2) is 22.9 Å². The van der Waals surface area contributed by atoms with E-state index in [1.54, 1.807) is 10.9 Å². The highest BCUT2D eigenvalue weighted by atomic mass is 16.5. The van der Waals surface area contributed by atoms with Crippen LogP contribution < -0.4 is 5.73 Å². The summed E-state index contributed by atoms with van der Waals surface area (Å²) >= 11 is 0. The third-order valence-corrected chi connectivity index (χ3v) is 2.62. The molecule has 0 saturated carbocycles. The zero-order chi connectivity index (χ0) is 13.1. The van der Waals surface area contributed by atoms with E-state index in [-0.39, 0.29) is 5.82 Å². The number of carbonyl (C=O) groups excluding carboxylic acids is 1. The number of nitrogens with two attached hydrogens (primary N) is 1. The van der Waals surface area contributed by atoms with Crippen LogP contribution in [0.2, 0.25) is 0 Å². The molecule has 2 rings (SSSR count). The average molecular weight is 245 g/mol. The summed E-state index contributed by atoms with van der Waals surface area (Å²) in [6, 6.07) is 8.08. The van der Waals surface area contributed by atoms with E-state index in [1.807, 2.05) is 25.1 Å². The van der Waals surface area contributed by atoms with Gasteiger partial charge in [0.15, 0.2) is 5.82 Å². The van der Waals surface area contributed by atoms with E-state index in [9.17, 15) is 4.79 Å². The highest BCUT2D eigenvalue weighted by Crippen LogP contribution is 2.12. The number of benzene rings is 1. The molecule has 0 aliphatic carbocycles. The van der Waals surface area contributed by atoms with E-state index >= 15 is 0 Å². The molecule has 0 bridgehead atoms. The van der Waals surface area contributed by atoms with E-state index in [2.05, 4.69) is 15.9 Å². The Hall–Kier alpha value is -2.30. The van der Waals surface area contributed by atoms with Gasteiger partial charge in [-0.3, -0.25) is 4.68 Å². The topological polar surface area (TPSA) is 70.1 Å². The second-order valence-corrected chi connectivity index (χ2v) is 4.11. The first-order chi connectivity index (χ1) is 8.60. The minimum absolute atomic E-state index is 0.189. The molecule has 0 radical (unpaired) electrons. The van der Waals surface area contributed by atoms with Crippen molar-refractivity contribution in [3.05, 3.63) is 47.2 Å². The lowest BCUT2D eigenvalue weighted by Crippen LogP contribution is -2.02. The summed E-state index contributed by atoms with van der Waals surface area (Å²) in [5.41, 5.74) is 8.25. The van der Waals surface area contributed by atoms with Crippen LogP contribution in [-0.2, 0) is 11.3 Å². The fourth-order valence-electron chi connectivity index (χ4n) is 1.78. The summed E-state index contributed by atoms with van der Waals surface area (Å²) in [6.07, 6.45) is 1.60. The van der Waals surface area contributed by atoms with Gasteiger partial charge in [-0.05, 0) is 12.5 Å². The maximum Gasteiger partial charge on any atom is 0.343 e. The fraction of sp³-hybridized carbons (Fsp3) is 0.231. The summed E-state index contributed by atoms with van der Waals surface area (Å²) in [7, 11) is 1.32. The van der Waals surface area contributed by atoms with Gasteiger partial charge in [0, 0.05) is 6.20 Å². The van der Waals surface area contributed by atoms with Gasteiger partial charge in [-0.2, -0.15) is 5.10 Å². The summed E-state index contributed by atoms with van der Waals surface area (Å²) in [6.45, 7) is 2.60. The maximum atomic E-state index is 11.4. The molecule has 0 unspecified atom stereocenters. The van der Waals surface area contributed by atoms with Gasteiger partial charge in [0.05, 0.1) is 13.7 Å². The van der Waals surface area contributed by atoms with Crippen LogP contribution in [0.4, 0.5) is 5.82 Å². The van der Waals surface area contributed by atoms with Gasteiger partial charge in [0.1, 0.15) is 5.56 Å². The monoisotopic (exact) mass is 245 g/mol. The number of hydrogen-bond acceptors (Lipinski definition) is 4. The minimum Gasteiger partial charge on any atom is -0.465 e. The Morgan fingerprint density at radius 1 is 1.50 bits per heavy atom. The van der Waals surface area contributed by atoms with Crippen molar-refractivity contribution in [3.63, 3.8) is 0 Å². The van der Waals surface area contributed by atoms with Gasteiger partial charge in [-0.1, -0.05) is 29.8 Å². The first-order valence-corrected chi connectivity index (χ1v) is 5.57. The maximum absolute atomic E-state index is 11.4. The molecule has 1 heterocycles. The number of carbonyl (C=O) groups is 1. The van der Waals surface area contributed by atoms with Crippen LogP contribution >= 0.6 is 0 Å². The van der Waals surface area contributed by atoms with Crippen LogP contribution in [0, 0.1) is 6.92 Å². The van der Waals surface area contributed by atoms with Crippen molar-refractivity contribution in [2.45, 2.75) is 13.5 Å². The van der Waals surface area contributed by atoms with E-state index in [1.165, 1.54) is 12.7 Å². The van der Waals surface area contributed by atoms with Gasteiger partial charge in [0.25, 0.3) is 0 Å². The number of hydrogen-bond donors (Lipinski definition) is 1. The van der Waals surface area contributed by atoms with Crippen molar-refractivity contribution in [2.24, 2.45) is 0 Å². The second kappa shape index (κ2) is 4.91. The first-order valence-electron chi connectivity index (χ1n) is 5.57. The molecule has 18 heavy (non-hydrogen) atoms. The standard InChI is InChI=1S/C13H15N3O2/c1-9-4-3-5-10(6-9)7-16-8-11(12(14)15-16)13(17)18-2/h3-6,8H,7H2,1-2H3,(H2,14,15). The largest absolute Gasteiger partial charge is 0.465 e. The fourth-order valence-corrected chi connectivity index (χ4v) is 1.78. The Morgan fingerprint density at radius 2 is 2.28 bits per heavy atom. The smallest absolute Gasteiger partial charge is 0.343 e. The third kappa shape index (κ3) is 2.51. The molecular formula is C13H15N3O2. The van der Waals surface area contributed by atoms with Gasteiger partial charge in [0.2, 0.25) is 0 Å². The molecule has 0 atom stereocenters. The van der Waals surface area contributed by atoms with Crippen molar-refractivity contribution >= 4 is 11.8 Å². The van der Waals surface area contributed by atoms with Crippen LogP contribution in [0.15, 0.2) is 30.5 Å². The summed E-state index contributed by atoms with van der Waals surface area (Å²) in [4.78, 5) is 11.4. The molecule has 5 heteroatoms. The van der Waals surface area contributed by atoms with Crippen LogP contribution in [0.3, 0.4) is 0 Å². The first kappa shape index (κ1) is 12.2. The number of ether oxygens (including phenoxy) is 1. The molecule has 0 amide bonds. The number of anilines is 1. The number of nitrogen functional groups attached to an aromatic ring is 1. The molecule has 0 spiro atoms. The lowest BCUT2D eigenvalue weighted by atomic mass is 10.1. The Balaban J connectivity index is 2.23. The van der Waals surface area contributed by atoms with Crippen molar-refractivity contribution in [2.75, 3.05) is 12.8 Å². The number of nitrogens with zero attached hydrogens (tertiary/aromatic N) is 2. The van der Waals surface area contributed by atoms with Crippen LogP contribution in [0.1, 0.15) is 21.5 Å². The number of methoxy groups -OCH3 is 1. The predicted molar refractivity (Wildman–Crippen MR) is 68.3 cm³/mol. The number of aromatic nitrogens is 2. The normalized spacial score (nSPS) is 10.3. The van der Waals surface area contributed by atoms with Crippen LogP contribution in [0.5, 0.6) is 0 Å². The van der Waals surface area contributed by atoms with E-state index in [0.717, 1.165) is 5.56 Å². The summed E-state index contributed by atoms with van der Waals surface area (Å²) < 4.78 is 6.26. The van der Waals surface area contributed by atoms with Crippen molar-refractivity contribution < 1.29 is 9.53 Å². The van der Waals surface area contributed by atoms with Crippen molar-refractivity contribution in [1.82, 2.24) is 9.78 Å². The Labute approximate surface area is 105 Å². The zero-order valence-corrected chi connectivity index (χ0v) is 10.4. The van der Waals surface area contributed by atoms with E-state index in [4.69, 9.17) is 5.73 Å². The Kier molecular flexibility index (Phi) is 3.32. The average Bonchev–Trinajstić information content (AvgIpc) is 2.69. The highest BCUT2D eigenvalue weighted by Gasteiger charge is 2.14. The highest BCUT2D eigenvalue weighted by molar-refractivity contribution is 5.93. The summed E-state index contributed by atoms with van der Waals surface area (Å²) in [5.74, 6) is -0.280.